The fourth-order valence-electron chi connectivity index (χ4n) is 2.83. The first-order valence-corrected chi connectivity index (χ1v) is 11.3. The summed E-state index contributed by atoms with van der Waals surface area (Å²) >= 11 is 0. The molecule has 0 aliphatic heterocycles. The molecule has 0 heterocycles. The first kappa shape index (κ1) is 27.6. The SMILES string of the molecule is CC.CC(C)CN(C[C@@H](O)[C@@H]([NH3+])Cc1ccccc1)S(=O)(=O)c1ccccc1.[Cl-]. The number of benzene rings is 2. The summed E-state index contributed by atoms with van der Waals surface area (Å²) in [6.07, 6.45) is -0.240. The van der Waals surface area contributed by atoms with Gasteiger partial charge in [0.15, 0.2) is 0 Å². The van der Waals surface area contributed by atoms with Crippen LogP contribution in [0, 0.1) is 5.92 Å². The van der Waals surface area contributed by atoms with Crippen molar-refractivity contribution in [3.63, 3.8) is 0 Å². The van der Waals surface area contributed by atoms with Crippen LogP contribution in [-0.4, -0.2) is 43.1 Å². The fraction of sp³-hybridized carbons (Fsp3) is 0.455. The summed E-state index contributed by atoms with van der Waals surface area (Å²) in [5, 5.41) is 10.6. The smallest absolute Gasteiger partial charge is 0.243 e. The first-order chi connectivity index (χ1) is 13.3. The summed E-state index contributed by atoms with van der Waals surface area (Å²) in [6.45, 7) is 8.32. The van der Waals surface area contributed by atoms with E-state index in [-0.39, 0.29) is 35.8 Å². The molecule has 2 aromatic carbocycles. The third-order valence-electron chi connectivity index (χ3n) is 4.23. The lowest BCUT2D eigenvalue weighted by Crippen LogP contribution is -3.00. The molecular formula is C22H35ClN2O3S. The highest BCUT2D eigenvalue weighted by atomic mass is 35.5. The molecule has 0 aromatic heterocycles. The summed E-state index contributed by atoms with van der Waals surface area (Å²) in [4.78, 5) is 0.247. The fourth-order valence-corrected chi connectivity index (χ4v) is 4.47. The van der Waals surface area contributed by atoms with Crippen LogP contribution >= 0.6 is 0 Å². The van der Waals surface area contributed by atoms with Crippen LogP contribution in [0.5, 0.6) is 0 Å². The van der Waals surface area contributed by atoms with E-state index in [1.54, 1.807) is 30.3 Å². The molecule has 0 spiro atoms. The van der Waals surface area contributed by atoms with Crippen molar-refractivity contribution in [2.24, 2.45) is 5.92 Å². The van der Waals surface area contributed by atoms with Crippen LogP contribution in [0.2, 0.25) is 0 Å². The Morgan fingerprint density at radius 1 is 0.931 bits per heavy atom. The molecule has 0 radical (unpaired) electrons. The van der Waals surface area contributed by atoms with Gasteiger partial charge in [-0.25, -0.2) is 8.42 Å². The van der Waals surface area contributed by atoms with Crippen LogP contribution < -0.4 is 18.1 Å². The Kier molecular flexibility index (Phi) is 13.0. The van der Waals surface area contributed by atoms with E-state index in [9.17, 15) is 13.5 Å². The maximum Gasteiger partial charge on any atom is 0.243 e. The van der Waals surface area contributed by atoms with E-state index in [1.165, 1.54) is 4.31 Å². The quantitative estimate of drug-likeness (QED) is 0.553. The molecule has 2 atom stereocenters. The number of halogens is 1. The molecular weight excluding hydrogens is 408 g/mol. The normalized spacial score (nSPS) is 13.2. The summed E-state index contributed by atoms with van der Waals surface area (Å²) in [7, 11) is -3.65. The first-order valence-electron chi connectivity index (χ1n) is 9.91. The summed E-state index contributed by atoms with van der Waals surface area (Å²) in [5.74, 6) is 0.151. The highest BCUT2D eigenvalue weighted by Gasteiger charge is 2.30. The largest absolute Gasteiger partial charge is 1.00 e. The average molecular weight is 443 g/mol. The van der Waals surface area contributed by atoms with Gasteiger partial charge in [0.2, 0.25) is 10.0 Å². The van der Waals surface area contributed by atoms with Gasteiger partial charge in [0.25, 0.3) is 0 Å². The molecule has 0 amide bonds. The van der Waals surface area contributed by atoms with Crippen molar-refractivity contribution in [3.8, 4) is 0 Å². The molecule has 0 saturated heterocycles. The molecule has 164 valence electrons. The minimum Gasteiger partial charge on any atom is -1.00 e. The summed E-state index contributed by atoms with van der Waals surface area (Å²) < 4.78 is 27.3. The van der Waals surface area contributed by atoms with E-state index in [1.807, 2.05) is 58.0 Å². The van der Waals surface area contributed by atoms with Gasteiger partial charge in [-0.2, -0.15) is 4.31 Å². The maximum absolute atomic E-state index is 13.0. The maximum atomic E-state index is 13.0. The third kappa shape index (κ3) is 8.84. The Bertz CT molecular complexity index is 771. The molecule has 2 aromatic rings. The van der Waals surface area contributed by atoms with E-state index in [4.69, 9.17) is 0 Å². The van der Waals surface area contributed by atoms with Gasteiger partial charge in [-0.15, -0.1) is 0 Å². The lowest BCUT2D eigenvalue weighted by Gasteiger charge is -2.27. The molecule has 0 unspecified atom stereocenters. The van der Waals surface area contributed by atoms with Gasteiger partial charge in [-0.1, -0.05) is 76.2 Å². The average Bonchev–Trinajstić information content (AvgIpc) is 2.70. The number of sulfonamides is 1. The lowest BCUT2D eigenvalue weighted by atomic mass is 10.0. The third-order valence-corrected chi connectivity index (χ3v) is 6.07. The van der Waals surface area contributed by atoms with Crippen molar-refractivity contribution < 1.29 is 31.7 Å². The van der Waals surface area contributed by atoms with Gasteiger partial charge in [0.05, 0.1) is 4.90 Å². The molecule has 2 rings (SSSR count). The molecule has 0 aliphatic rings. The van der Waals surface area contributed by atoms with Crippen molar-refractivity contribution in [1.29, 1.82) is 0 Å². The minimum absolute atomic E-state index is 0. The standard InChI is InChI=1S/C20H28N2O3S.C2H6.ClH/c1-16(2)14-22(26(24,25)18-11-7-4-8-12-18)15-20(23)19(21)13-17-9-5-3-6-10-17;1-2;/h3-12,16,19-20,23H,13-15,21H2,1-2H3;1-2H3;1H/t19-,20+;;/m0../s1. The van der Waals surface area contributed by atoms with Crippen molar-refractivity contribution in [3.05, 3.63) is 66.2 Å². The number of quaternary nitrogens is 1. The van der Waals surface area contributed by atoms with Crippen LogP contribution in [0.4, 0.5) is 0 Å². The topological polar surface area (TPSA) is 85.2 Å². The highest BCUT2D eigenvalue weighted by molar-refractivity contribution is 7.89. The van der Waals surface area contributed by atoms with Gasteiger partial charge in [0.1, 0.15) is 12.1 Å². The van der Waals surface area contributed by atoms with Crippen molar-refractivity contribution in [2.75, 3.05) is 13.1 Å². The van der Waals surface area contributed by atoms with E-state index in [0.717, 1.165) is 5.56 Å². The molecule has 0 saturated carbocycles. The molecule has 0 aliphatic carbocycles. The summed E-state index contributed by atoms with van der Waals surface area (Å²) in [5.41, 5.74) is 5.13. The summed E-state index contributed by atoms with van der Waals surface area (Å²) in [6, 6.07) is 17.9. The second-order valence-electron chi connectivity index (χ2n) is 7.05. The Morgan fingerprint density at radius 3 is 1.90 bits per heavy atom. The number of aliphatic hydroxyl groups is 1. The zero-order valence-corrected chi connectivity index (χ0v) is 19.4. The predicted molar refractivity (Wildman–Crippen MR) is 114 cm³/mol. The second kappa shape index (κ2) is 13.7. The zero-order chi connectivity index (χ0) is 21.2. The van der Waals surface area contributed by atoms with Gasteiger partial charge in [-0.05, 0) is 23.6 Å². The lowest BCUT2D eigenvalue weighted by molar-refractivity contribution is -0.437. The van der Waals surface area contributed by atoms with Crippen molar-refractivity contribution in [1.82, 2.24) is 4.31 Å². The zero-order valence-electron chi connectivity index (χ0n) is 17.8. The van der Waals surface area contributed by atoms with Gasteiger partial charge < -0.3 is 23.2 Å². The second-order valence-corrected chi connectivity index (χ2v) is 8.98. The van der Waals surface area contributed by atoms with E-state index in [0.29, 0.717) is 13.0 Å². The van der Waals surface area contributed by atoms with E-state index in [2.05, 4.69) is 5.73 Å². The number of rotatable bonds is 9. The molecule has 7 heteroatoms. The van der Waals surface area contributed by atoms with Crippen LogP contribution in [0.1, 0.15) is 33.3 Å². The molecule has 29 heavy (non-hydrogen) atoms. The number of aliphatic hydroxyl groups excluding tert-OH is 1. The van der Waals surface area contributed by atoms with Crippen LogP contribution in [0.15, 0.2) is 65.6 Å². The Balaban J connectivity index is 0.00000253. The minimum atomic E-state index is -3.65. The van der Waals surface area contributed by atoms with Crippen molar-refractivity contribution in [2.45, 2.75) is 51.2 Å². The van der Waals surface area contributed by atoms with Crippen LogP contribution in [0.3, 0.4) is 0 Å². The Morgan fingerprint density at radius 2 is 1.41 bits per heavy atom. The highest BCUT2D eigenvalue weighted by Crippen LogP contribution is 2.18. The number of hydrogen-bond acceptors (Lipinski definition) is 3. The van der Waals surface area contributed by atoms with Crippen LogP contribution in [0.25, 0.3) is 0 Å². The monoisotopic (exact) mass is 442 g/mol. The molecule has 0 bridgehead atoms. The number of hydrogen-bond donors (Lipinski definition) is 2. The van der Waals surface area contributed by atoms with E-state index >= 15 is 0 Å². The van der Waals surface area contributed by atoms with Crippen molar-refractivity contribution >= 4 is 10.0 Å². The van der Waals surface area contributed by atoms with Crippen LogP contribution in [-0.2, 0) is 16.4 Å². The predicted octanol–water partition coefficient (Wildman–Crippen LogP) is -0.422. The molecule has 4 N–H and O–H groups in total. The Labute approximate surface area is 182 Å². The molecule has 5 nitrogen and oxygen atoms in total. The molecule has 0 fully saturated rings. The Hall–Kier alpha value is -1.44. The van der Waals surface area contributed by atoms with Gasteiger partial charge in [-0.3, -0.25) is 0 Å². The van der Waals surface area contributed by atoms with E-state index < -0.39 is 16.1 Å². The van der Waals surface area contributed by atoms with Gasteiger partial charge in [0, 0.05) is 19.5 Å². The number of nitrogens with zero attached hydrogens (tertiary/aromatic N) is 1. The van der Waals surface area contributed by atoms with Gasteiger partial charge >= 0.3 is 0 Å².